The molecule has 120 valence electrons. The molecule has 7 heteroatoms. The molecule has 0 radical (unpaired) electrons. The van der Waals surface area contributed by atoms with Gasteiger partial charge in [-0.25, -0.2) is 4.79 Å². The number of benzene rings is 2. The Morgan fingerprint density at radius 2 is 1.78 bits per heavy atom. The normalized spacial score (nSPS) is 11.6. The van der Waals surface area contributed by atoms with E-state index in [9.17, 15) is 9.59 Å². The summed E-state index contributed by atoms with van der Waals surface area (Å²) in [4.78, 5) is 22.9. The summed E-state index contributed by atoms with van der Waals surface area (Å²) in [6.45, 7) is 1.58. The summed E-state index contributed by atoms with van der Waals surface area (Å²) >= 11 is 11.8. The molecule has 1 amide bonds. The Kier molecular flexibility index (Phi) is 5.47. The fraction of sp³-hybridized carbons (Fsp3) is 0.125. The number of nitrogens with one attached hydrogen (secondary N) is 1. The largest absolute Gasteiger partial charge is 0.479 e. The summed E-state index contributed by atoms with van der Waals surface area (Å²) in [6.07, 6.45) is -0.798. The zero-order valence-corrected chi connectivity index (χ0v) is 13.6. The van der Waals surface area contributed by atoms with Crippen LogP contribution < -0.4 is 10.1 Å². The van der Waals surface area contributed by atoms with Crippen LogP contribution >= 0.6 is 23.2 Å². The Bertz CT molecular complexity index is 731. The van der Waals surface area contributed by atoms with Crippen LogP contribution in [0.1, 0.15) is 17.3 Å². The molecule has 0 aliphatic heterocycles. The highest BCUT2D eigenvalue weighted by Gasteiger charge is 2.16. The van der Waals surface area contributed by atoms with E-state index in [2.05, 4.69) is 5.32 Å². The molecule has 23 heavy (non-hydrogen) atoms. The van der Waals surface area contributed by atoms with E-state index in [4.69, 9.17) is 33.0 Å². The van der Waals surface area contributed by atoms with Gasteiger partial charge in [-0.1, -0.05) is 23.2 Å². The van der Waals surface area contributed by atoms with Gasteiger partial charge in [-0.05, 0) is 49.4 Å². The lowest BCUT2D eigenvalue weighted by Crippen LogP contribution is -2.30. The second kappa shape index (κ2) is 7.35. The van der Waals surface area contributed by atoms with Gasteiger partial charge in [0.2, 0.25) is 0 Å². The van der Waals surface area contributed by atoms with Gasteiger partial charge >= 0.3 is 5.97 Å². The zero-order chi connectivity index (χ0) is 17.0. The number of amides is 1. The lowest BCUT2D eigenvalue weighted by Gasteiger charge is -2.15. The summed E-state index contributed by atoms with van der Waals surface area (Å²) in [5.74, 6) is -1.07. The Morgan fingerprint density at radius 3 is 2.35 bits per heavy atom. The summed E-state index contributed by atoms with van der Waals surface area (Å²) in [6, 6.07) is 10.5. The van der Waals surface area contributed by atoms with Crippen molar-refractivity contribution in [1.82, 2.24) is 0 Å². The summed E-state index contributed by atoms with van der Waals surface area (Å²) in [5, 5.41) is 12.2. The van der Waals surface area contributed by atoms with Crippen LogP contribution in [0.25, 0.3) is 0 Å². The van der Waals surface area contributed by atoms with Gasteiger partial charge in [0.25, 0.3) is 5.91 Å². The smallest absolute Gasteiger partial charge is 0.335 e. The molecule has 0 aliphatic rings. The summed E-state index contributed by atoms with van der Waals surface area (Å²) in [7, 11) is 0. The number of carboxylic acid groups (broad SMARTS) is 1. The molecule has 0 unspecified atom stereocenters. The molecule has 1 atom stereocenters. The van der Waals surface area contributed by atoms with Gasteiger partial charge in [0, 0.05) is 10.7 Å². The van der Waals surface area contributed by atoms with Crippen LogP contribution in [-0.2, 0) is 4.79 Å². The van der Waals surface area contributed by atoms with Crippen molar-refractivity contribution in [3.8, 4) is 5.75 Å². The highest BCUT2D eigenvalue weighted by Crippen LogP contribution is 2.28. The van der Waals surface area contributed by atoms with Crippen molar-refractivity contribution in [3.63, 3.8) is 0 Å². The third kappa shape index (κ3) is 4.61. The van der Waals surface area contributed by atoms with Gasteiger partial charge in [0.1, 0.15) is 5.75 Å². The predicted octanol–water partition coefficient (Wildman–Crippen LogP) is 4.10. The number of ether oxygens (including phenoxy) is 1. The molecule has 5 nitrogen and oxygen atoms in total. The standard InChI is InChI=1S/C16H13Cl2NO4/c1-9(23-14-7-4-11(17)8-13(14)18)15(20)19-12-5-2-10(3-6-12)16(21)22/h2-9H,1H3,(H,19,20)(H,21,22)/t9-/m1/s1. The molecule has 0 saturated heterocycles. The van der Waals surface area contributed by atoms with E-state index in [0.29, 0.717) is 21.5 Å². The number of hydrogen-bond donors (Lipinski definition) is 2. The van der Waals surface area contributed by atoms with Gasteiger partial charge in [0.05, 0.1) is 10.6 Å². The number of hydrogen-bond acceptors (Lipinski definition) is 3. The fourth-order valence-electron chi connectivity index (χ4n) is 1.75. The summed E-state index contributed by atoms with van der Waals surface area (Å²) in [5.41, 5.74) is 0.609. The monoisotopic (exact) mass is 353 g/mol. The van der Waals surface area contributed by atoms with Gasteiger partial charge < -0.3 is 15.2 Å². The van der Waals surface area contributed by atoms with Crippen LogP contribution in [0.3, 0.4) is 0 Å². The molecule has 2 N–H and O–H groups in total. The van der Waals surface area contributed by atoms with E-state index < -0.39 is 12.1 Å². The van der Waals surface area contributed by atoms with Crippen molar-refractivity contribution >= 4 is 40.8 Å². The van der Waals surface area contributed by atoms with E-state index in [0.717, 1.165) is 0 Å². The molecular formula is C16H13Cl2NO4. The number of carbonyl (C=O) groups is 2. The second-order valence-corrected chi connectivity index (χ2v) is 5.55. The van der Waals surface area contributed by atoms with Crippen LogP contribution in [0.5, 0.6) is 5.75 Å². The molecule has 0 bridgehead atoms. The average Bonchev–Trinajstić information content (AvgIpc) is 2.50. The van der Waals surface area contributed by atoms with Crippen LogP contribution in [0.15, 0.2) is 42.5 Å². The molecule has 0 aliphatic carbocycles. The van der Waals surface area contributed by atoms with E-state index in [1.807, 2.05) is 0 Å². The highest BCUT2D eigenvalue weighted by atomic mass is 35.5. The van der Waals surface area contributed by atoms with E-state index in [1.165, 1.54) is 30.3 Å². The Hall–Kier alpha value is -2.24. The van der Waals surface area contributed by atoms with Crippen molar-refractivity contribution in [3.05, 3.63) is 58.1 Å². The SMILES string of the molecule is C[C@@H](Oc1ccc(Cl)cc1Cl)C(=O)Nc1ccc(C(=O)O)cc1. The molecule has 0 aromatic heterocycles. The molecule has 0 heterocycles. The number of halogens is 2. The minimum Gasteiger partial charge on any atom is -0.479 e. The third-order valence-corrected chi connectivity index (χ3v) is 3.50. The Morgan fingerprint density at radius 1 is 1.13 bits per heavy atom. The minimum absolute atomic E-state index is 0.139. The minimum atomic E-state index is -1.03. The van der Waals surface area contributed by atoms with Gasteiger partial charge in [0.15, 0.2) is 6.10 Å². The van der Waals surface area contributed by atoms with E-state index in [1.54, 1.807) is 19.1 Å². The van der Waals surface area contributed by atoms with Crippen molar-refractivity contribution in [2.24, 2.45) is 0 Å². The van der Waals surface area contributed by atoms with Gasteiger partial charge in [-0.2, -0.15) is 0 Å². The lowest BCUT2D eigenvalue weighted by atomic mass is 10.2. The molecule has 0 saturated carbocycles. The lowest BCUT2D eigenvalue weighted by molar-refractivity contribution is -0.122. The Balaban J connectivity index is 2.00. The number of carboxylic acids is 1. The number of aromatic carboxylic acids is 1. The zero-order valence-electron chi connectivity index (χ0n) is 12.0. The van der Waals surface area contributed by atoms with E-state index >= 15 is 0 Å². The summed E-state index contributed by atoms with van der Waals surface area (Å²) < 4.78 is 5.50. The number of anilines is 1. The average molecular weight is 354 g/mol. The van der Waals surface area contributed by atoms with Crippen molar-refractivity contribution in [2.75, 3.05) is 5.32 Å². The van der Waals surface area contributed by atoms with E-state index in [-0.39, 0.29) is 11.5 Å². The van der Waals surface area contributed by atoms with Crippen LogP contribution in [0.4, 0.5) is 5.69 Å². The maximum atomic E-state index is 12.1. The number of carbonyl (C=O) groups excluding carboxylic acids is 1. The second-order valence-electron chi connectivity index (χ2n) is 4.71. The first-order chi connectivity index (χ1) is 10.9. The van der Waals surface area contributed by atoms with Gasteiger partial charge in [-0.15, -0.1) is 0 Å². The molecule has 0 fully saturated rings. The molecular weight excluding hydrogens is 341 g/mol. The van der Waals surface area contributed by atoms with Crippen molar-refractivity contribution < 1.29 is 19.4 Å². The highest BCUT2D eigenvalue weighted by molar-refractivity contribution is 6.35. The predicted molar refractivity (Wildman–Crippen MR) is 88.6 cm³/mol. The molecule has 2 aromatic rings. The Labute approximate surface area is 142 Å². The fourth-order valence-corrected chi connectivity index (χ4v) is 2.21. The molecule has 2 rings (SSSR count). The maximum absolute atomic E-state index is 12.1. The van der Waals surface area contributed by atoms with Crippen molar-refractivity contribution in [2.45, 2.75) is 13.0 Å². The third-order valence-electron chi connectivity index (χ3n) is 2.97. The number of rotatable bonds is 5. The van der Waals surface area contributed by atoms with Crippen LogP contribution in [0, 0.1) is 0 Å². The molecule has 2 aromatic carbocycles. The van der Waals surface area contributed by atoms with Crippen LogP contribution in [-0.4, -0.2) is 23.1 Å². The molecule has 0 spiro atoms. The van der Waals surface area contributed by atoms with Crippen LogP contribution in [0.2, 0.25) is 10.0 Å². The van der Waals surface area contributed by atoms with Gasteiger partial charge in [-0.3, -0.25) is 4.79 Å². The maximum Gasteiger partial charge on any atom is 0.335 e. The first-order valence-corrected chi connectivity index (χ1v) is 7.38. The topological polar surface area (TPSA) is 75.6 Å². The first kappa shape index (κ1) is 17.1. The van der Waals surface area contributed by atoms with Crippen molar-refractivity contribution in [1.29, 1.82) is 0 Å². The first-order valence-electron chi connectivity index (χ1n) is 6.63. The quantitative estimate of drug-likeness (QED) is 0.848.